The SMILES string of the molecule is O=C(O)CCN(C(=O)Cc1ccccc1Cl)C1CCOCC1. The number of carboxylic acid groups (broad SMARTS) is 1. The minimum atomic E-state index is -0.900. The lowest BCUT2D eigenvalue weighted by molar-refractivity contribution is -0.140. The summed E-state index contributed by atoms with van der Waals surface area (Å²) in [5.41, 5.74) is 0.765. The second-order valence-corrected chi connectivity index (χ2v) is 5.75. The van der Waals surface area contributed by atoms with Crippen molar-refractivity contribution in [3.63, 3.8) is 0 Å². The van der Waals surface area contributed by atoms with Crippen LogP contribution >= 0.6 is 11.6 Å². The molecular formula is C16H20ClNO4. The van der Waals surface area contributed by atoms with E-state index in [4.69, 9.17) is 21.4 Å². The third-order valence-electron chi connectivity index (χ3n) is 3.82. The van der Waals surface area contributed by atoms with Gasteiger partial charge in [0.1, 0.15) is 0 Å². The van der Waals surface area contributed by atoms with Gasteiger partial charge in [-0.2, -0.15) is 0 Å². The van der Waals surface area contributed by atoms with Crippen LogP contribution in [0, 0.1) is 0 Å². The number of rotatable bonds is 6. The van der Waals surface area contributed by atoms with Crippen LogP contribution in [0.1, 0.15) is 24.8 Å². The van der Waals surface area contributed by atoms with Crippen LogP contribution in [0.2, 0.25) is 5.02 Å². The summed E-state index contributed by atoms with van der Waals surface area (Å²) < 4.78 is 5.32. The van der Waals surface area contributed by atoms with Gasteiger partial charge in [-0.25, -0.2) is 0 Å². The molecule has 1 fully saturated rings. The van der Waals surface area contributed by atoms with E-state index in [1.54, 1.807) is 11.0 Å². The van der Waals surface area contributed by atoms with Gasteiger partial charge in [0.05, 0.1) is 12.8 Å². The van der Waals surface area contributed by atoms with Gasteiger partial charge in [0.2, 0.25) is 5.91 Å². The number of carbonyl (C=O) groups is 2. The summed E-state index contributed by atoms with van der Waals surface area (Å²) in [7, 11) is 0. The molecule has 2 rings (SSSR count). The lowest BCUT2D eigenvalue weighted by atomic mass is 10.0. The van der Waals surface area contributed by atoms with Crippen LogP contribution in [0.3, 0.4) is 0 Å². The number of aliphatic carboxylic acids is 1. The molecule has 0 saturated carbocycles. The smallest absolute Gasteiger partial charge is 0.305 e. The highest BCUT2D eigenvalue weighted by molar-refractivity contribution is 6.31. The Labute approximate surface area is 134 Å². The zero-order chi connectivity index (χ0) is 15.9. The highest BCUT2D eigenvalue weighted by Crippen LogP contribution is 2.20. The molecular weight excluding hydrogens is 306 g/mol. The van der Waals surface area contributed by atoms with Crippen LogP contribution in [0.4, 0.5) is 0 Å². The summed E-state index contributed by atoms with van der Waals surface area (Å²) in [4.78, 5) is 25.1. The van der Waals surface area contributed by atoms with Crippen LogP contribution in [0.15, 0.2) is 24.3 Å². The maximum Gasteiger partial charge on any atom is 0.305 e. The van der Waals surface area contributed by atoms with Crippen molar-refractivity contribution in [3.05, 3.63) is 34.9 Å². The first-order valence-electron chi connectivity index (χ1n) is 7.40. The first-order chi connectivity index (χ1) is 10.6. The summed E-state index contributed by atoms with van der Waals surface area (Å²) in [6.45, 7) is 1.44. The topological polar surface area (TPSA) is 66.8 Å². The molecule has 1 aliphatic rings. The van der Waals surface area contributed by atoms with Crippen LogP contribution < -0.4 is 0 Å². The van der Waals surface area contributed by atoms with E-state index in [0.29, 0.717) is 18.2 Å². The van der Waals surface area contributed by atoms with Gasteiger partial charge in [-0.15, -0.1) is 0 Å². The lowest BCUT2D eigenvalue weighted by Gasteiger charge is -2.34. The Hall–Kier alpha value is -1.59. The third kappa shape index (κ3) is 4.71. The molecule has 0 spiro atoms. The molecule has 0 radical (unpaired) electrons. The molecule has 6 heteroatoms. The van der Waals surface area contributed by atoms with Gasteiger partial charge in [0.25, 0.3) is 0 Å². The second-order valence-electron chi connectivity index (χ2n) is 5.34. The molecule has 1 aromatic rings. The van der Waals surface area contributed by atoms with Crippen molar-refractivity contribution in [1.82, 2.24) is 4.90 Å². The number of halogens is 1. The summed E-state index contributed by atoms with van der Waals surface area (Å²) in [5, 5.41) is 9.45. The van der Waals surface area contributed by atoms with E-state index in [1.807, 2.05) is 18.2 Å². The zero-order valence-corrected chi connectivity index (χ0v) is 13.1. The molecule has 0 aromatic heterocycles. The number of ether oxygens (including phenoxy) is 1. The molecule has 0 unspecified atom stereocenters. The largest absolute Gasteiger partial charge is 0.481 e. The molecule has 1 aliphatic heterocycles. The first kappa shape index (κ1) is 16.8. The number of hydrogen-bond donors (Lipinski definition) is 1. The highest BCUT2D eigenvalue weighted by atomic mass is 35.5. The number of nitrogens with zero attached hydrogens (tertiary/aromatic N) is 1. The van der Waals surface area contributed by atoms with Crippen molar-refractivity contribution in [2.24, 2.45) is 0 Å². The van der Waals surface area contributed by atoms with Crippen LogP contribution in [0.5, 0.6) is 0 Å². The van der Waals surface area contributed by atoms with Gasteiger partial charge in [0, 0.05) is 30.8 Å². The molecule has 1 N–H and O–H groups in total. The predicted molar refractivity (Wildman–Crippen MR) is 83.0 cm³/mol. The summed E-state index contributed by atoms with van der Waals surface area (Å²) in [6.07, 6.45) is 1.63. The standard InChI is InChI=1S/C16H20ClNO4/c17-14-4-2-1-3-12(14)11-15(19)18(8-5-16(20)21)13-6-9-22-10-7-13/h1-4,13H,5-11H2,(H,20,21). The van der Waals surface area contributed by atoms with E-state index in [9.17, 15) is 9.59 Å². The second kappa shape index (κ2) is 8.15. The van der Waals surface area contributed by atoms with E-state index >= 15 is 0 Å². The molecule has 120 valence electrons. The molecule has 1 saturated heterocycles. The van der Waals surface area contributed by atoms with Crippen molar-refractivity contribution in [2.75, 3.05) is 19.8 Å². The molecule has 5 nitrogen and oxygen atoms in total. The van der Waals surface area contributed by atoms with Crippen molar-refractivity contribution in [2.45, 2.75) is 31.7 Å². The average molecular weight is 326 g/mol. The molecule has 1 aromatic carbocycles. The number of benzene rings is 1. The van der Waals surface area contributed by atoms with Crippen molar-refractivity contribution in [1.29, 1.82) is 0 Å². The van der Waals surface area contributed by atoms with Gasteiger partial charge in [-0.3, -0.25) is 9.59 Å². The van der Waals surface area contributed by atoms with Gasteiger partial charge in [-0.05, 0) is 24.5 Å². The third-order valence-corrected chi connectivity index (χ3v) is 4.19. The van der Waals surface area contributed by atoms with E-state index in [0.717, 1.165) is 18.4 Å². The van der Waals surface area contributed by atoms with Crippen molar-refractivity contribution >= 4 is 23.5 Å². The van der Waals surface area contributed by atoms with Gasteiger partial charge in [0.15, 0.2) is 0 Å². The van der Waals surface area contributed by atoms with Crippen LogP contribution in [-0.4, -0.2) is 47.7 Å². The van der Waals surface area contributed by atoms with E-state index in [1.165, 1.54) is 0 Å². The van der Waals surface area contributed by atoms with Crippen molar-refractivity contribution in [3.8, 4) is 0 Å². The van der Waals surface area contributed by atoms with Gasteiger partial charge >= 0.3 is 5.97 Å². The molecule has 1 amide bonds. The van der Waals surface area contributed by atoms with Gasteiger partial charge < -0.3 is 14.7 Å². The van der Waals surface area contributed by atoms with Gasteiger partial charge in [-0.1, -0.05) is 29.8 Å². The summed E-state index contributed by atoms with van der Waals surface area (Å²) >= 11 is 6.10. The Balaban J connectivity index is 2.07. The Morgan fingerprint density at radius 1 is 1.27 bits per heavy atom. The fourth-order valence-corrected chi connectivity index (χ4v) is 2.83. The first-order valence-corrected chi connectivity index (χ1v) is 7.78. The number of hydrogen-bond acceptors (Lipinski definition) is 3. The van der Waals surface area contributed by atoms with E-state index < -0.39 is 5.97 Å². The van der Waals surface area contributed by atoms with Crippen LogP contribution in [0.25, 0.3) is 0 Å². The minimum Gasteiger partial charge on any atom is -0.481 e. The van der Waals surface area contributed by atoms with E-state index in [-0.39, 0.29) is 31.3 Å². The van der Waals surface area contributed by atoms with Crippen molar-refractivity contribution < 1.29 is 19.4 Å². The van der Waals surface area contributed by atoms with E-state index in [2.05, 4.69) is 0 Å². The Bertz CT molecular complexity index is 529. The number of carboxylic acids is 1. The summed E-state index contributed by atoms with van der Waals surface area (Å²) in [5.74, 6) is -0.983. The lowest BCUT2D eigenvalue weighted by Crippen LogP contribution is -2.45. The monoisotopic (exact) mass is 325 g/mol. The number of carbonyl (C=O) groups excluding carboxylic acids is 1. The Kier molecular flexibility index (Phi) is 6.21. The highest BCUT2D eigenvalue weighted by Gasteiger charge is 2.26. The van der Waals surface area contributed by atoms with Crippen LogP contribution in [-0.2, 0) is 20.7 Å². The maximum atomic E-state index is 12.6. The predicted octanol–water partition coefficient (Wildman–Crippen LogP) is 2.36. The summed E-state index contributed by atoms with van der Waals surface area (Å²) in [6, 6.07) is 7.27. The fourth-order valence-electron chi connectivity index (χ4n) is 2.63. The normalized spacial score (nSPS) is 15.5. The number of amides is 1. The Morgan fingerprint density at radius 2 is 1.95 bits per heavy atom. The molecule has 0 atom stereocenters. The maximum absolute atomic E-state index is 12.6. The zero-order valence-electron chi connectivity index (χ0n) is 12.3. The molecule has 0 bridgehead atoms. The Morgan fingerprint density at radius 3 is 2.59 bits per heavy atom. The molecule has 22 heavy (non-hydrogen) atoms. The molecule has 1 heterocycles. The fraction of sp³-hybridized carbons (Fsp3) is 0.500. The molecule has 0 aliphatic carbocycles. The quantitative estimate of drug-likeness (QED) is 0.872. The minimum absolute atomic E-state index is 0.0445. The average Bonchev–Trinajstić information content (AvgIpc) is 2.50.